The van der Waals surface area contributed by atoms with Gasteiger partial charge in [-0.15, -0.1) is 0 Å². The molecule has 1 aromatic carbocycles. The average molecular weight is 328 g/mol. The number of nitrogens with zero attached hydrogens (tertiary/aromatic N) is 2. The molecule has 0 N–H and O–H groups in total. The Bertz CT molecular complexity index is 720. The Balaban J connectivity index is 1.79. The second-order valence-electron chi connectivity index (χ2n) is 6.07. The first-order valence-corrected chi connectivity index (χ1v) is 8.17. The zero-order valence-electron chi connectivity index (χ0n) is 13.7. The fourth-order valence-electron chi connectivity index (χ4n) is 3.15. The van der Waals surface area contributed by atoms with Gasteiger partial charge in [0.15, 0.2) is 0 Å². The molecule has 0 spiro atoms. The highest BCUT2D eigenvalue weighted by Gasteiger charge is 2.25. The molecular weight excluding hydrogens is 307 g/mol. The summed E-state index contributed by atoms with van der Waals surface area (Å²) in [6, 6.07) is 12.3. The van der Waals surface area contributed by atoms with Gasteiger partial charge in [-0.25, -0.2) is 4.39 Å². The van der Waals surface area contributed by atoms with Crippen molar-refractivity contribution in [2.45, 2.75) is 18.8 Å². The van der Waals surface area contributed by atoms with E-state index in [4.69, 9.17) is 9.72 Å². The quantitative estimate of drug-likeness (QED) is 0.865. The van der Waals surface area contributed by atoms with Crippen LogP contribution in [0.2, 0.25) is 0 Å². The predicted molar refractivity (Wildman–Crippen MR) is 90.1 cm³/mol. The van der Waals surface area contributed by atoms with Gasteiger partial charge < -0.3 is 9.64 Å². The number of hydrogen-bond donors (Lipinski definition) is 0. The summed E-state index contributed by atoms with van der Waals surface area (Å²) in [6.07, 6.45) is 1.95. The highest BCUT2D eigenvalue weighted by atomic mass is 19.1. The number of carbonyl (C=O) groups is 1. The third-order valence-electron chi connectivity index (χ3n) is 4.35. The van der Waals surface area contributed by atoms with Crippen molar-refractivity contribution in [1.82, 2.24) is 9.88 Å². The number of carbonyl (C=O) groups excluding carboxylic acids is 1. The molecule has 1 saturated heterocycles. The molecule has 1 atom stereocenters. The largest absolute Gasteiger partial charge is 0.375 e. The maximum Gasteiger partial charge on any atom is 0.248 e. The molecule has 0 saturated carbocycles. The van der Waals surface area contributed by atoms with Gasteiger partial charge in [0.25, 0.3) is 0 Å². The number of methoxy groups -OCH3 is 1. The smallest absolute Gasteiger partial charge is 0.248 e. The number of pyridine rings is 1. The molecule has 0 aliphatic carbocycles. The van der Waals surface area contributed by atoms with Crippen LogP contribution in [0.5, 0.6) is 0 Å². The number of piperidine rings is 1. The van der Waals surface area contributed by atoms with Gasteiger partial charge in [-0.05, 0) is 37.1 Å². The van der Waals surface area contributed by atoms with Gasteiger partial charge in [-0.3, -0.25) is 9.78 Å². The van der Waals surface area contributed by atoms with Crippen LogP contribution >= 0.6 is 0 Å². The van der Waals surface area contributed by atoms with E-state index >= 15 is 0 Å². The topological polar surface area (TPSA) is 42.4 Å². The molecule has 3 rings (SSSR count). The lowest BCUT2D eigenvalue weighted by molar-refractivity contribution is -0.136. The first-order valence-electron chi connectivity index (χ1n) is 8.17. The summed E-state index contributed by atoms with van der Waals surface area (Å²) in [5.74, 6) is -0.0507. The molecule has 0 bridgehead atoms. The van der Waals surface area contributed by atoms with E-state index in [9.17, 15) is 9.18 Å². The lowest BCUT2D eigenvalue weighted by Crippen LogP contribution is -2.41. The molecule has 1 aliphatic rings. The Morgan fingerprint density at radius 1 is 1.33 bits per heavy atom. The SMILES string of the molecule is COCC(=O)N1CCC[C@@H](c2cccc(-c3cccc(F)c3)n2)C1. The van der Waals surface area contributed by atoms with Crippen molar-refractivity contribution in [2.75, 3.05) is 26.8 Å². The van der Waals surface area contributed by atoms with Crippen LogP contribution in [-0.2, 0) is 9.53 Å². The van der Waals surface area contributed by atoms with Crippen LogP contribution in [0.1, 0.15) is 24.5 Å². The summed E-state index contributed by atoms with van der Waals surface area (Å²) in [4.78, 5) is 18.6. The van der Waals surface area contributed by atoms with Gasteiger partial charge in [0.2, 0.25) is 5.91 Å². The highest BCUT2D eigenvalue weighted by molar-refractivity contribution is 5.77. The maximum atomic E-state index is 13.4. The Labute approximate surface area is 141 Å². The molecule has 0 radical (unpaired) electrons. The molecule has 1 aliphatic heterocycles. The number of aromatic nitrogens is 1. The van der Waals surface area contributed by atoms with E-state index in [0.29, 0.717) is 6.54 Å². The Morgan fingerprint density at radius 2 is 2.17 bits per heavy atom. The average Bonchev–Trinajstić information content (AvgIpc) is 2.62. The fourth-order valence-corrected chi connectivity index (χ4v) is 3.15. The van der Waals surface area contributed by atoms with Crippen LogP contribution in [0, 0.1) is 5.82 Å². The Hall–Kier alpha value is -2.27. The second kappa shape index (κ2) is 7.53. The normalized spacial score (nSPS) is 17.8. The minimum atomic E-state index is -0.270. The second-order valence-corrected chi connectivity index (χ2v) is 6.07. The predicted octanol–water partition coefficient (Wildman–Crippen LogP) is 3.24. The van der Waals surface area contributed by atoms with E-state index in [0.717, 1.165) is 36.3 Å². The van der Waals surface area contributed by atoms with Crippen molar-refractivity contribution < 1.29 is 13.9 Å². The van der Waals surface area contributed by atoms with Gasteiger partial charge in [-0.2, -0.15) is 0 Å². The van der Waals surface area contributed by atoms with Crippen molar-refractivity contribution in [3.63, 3.8) is 0 Å². The standard InChI is InChI=1S/C19H21FN2O2/c1-24-13-19(23)22-10-4-6-15(12-22)18-9-3-8-17(21-18)14-5-2-7-16(20)11-14/h2-3,5,7-9,11,15H,4,6,10,12-13H2,1H3/t15-/m1/s1. The monoisotopic (exact) mass is 328 g/mol. The summed E-state index contributed by atoms with van der Waals surface area (Å²) in [5, 5.41) is 0. The zero-order valence-corrected chi connectivity index (χ0v) is 13.7. The summed E-state index contributed by atoms with van der Waals surface area (Å²) in [7, 11) is 1.53. The number of halogens is 1. The van der Waals surface area contributed by atoms with Crippen LogP contribution in [0.3, 0.4) is 0 Å². The maximum absolute atomic E-state index is 13.4. The van der Waals surface area contributed by atoms with Gasteiger partial charge in [0.1, 0.15) is 12.4 Å². The molecule has 0 unspecified atom stereocenters. The number of likely N-dealkylation sites (tertiary alicyclic amines) is 1. The molecule has 24 heavy (non-hydrogen) atoms. The minimum Gasteiger partial charge on any atom is -0.375 e. The van der Waals surface area contributed by atoms with Crippen molar-refractivity contribution in [3.8, 4) is 11.3 Å². The summed E-state index contributed by atoms with van der Waals surface area (Å²) in [5.41, 5.74) is 2.47. The van der Waals surface area contributed by atoms with Crippen LogP contribution in [0.4, 0.5) is 4.39 Å². The zero-order chi connectivity index (χ0) is 16.9. The third-order valence-corrected chi connectivity index (χ3v) is 4.35. The Morgan fingerprint density at radius 3 is 2.96 bits per heavy atom. The van der Waals surface area contributed by atoms with E-state index in [1.165, 1.54) is 19.2 Å². The lowest BCUT2D eigenvalue weighted by atomic mass is 9.93. The number of ether oxygens (including phenoxy) is 1. The van der Waals surface area contributed by atoms with Crippen molar-refractivity contribution in [1.29, 1.82) is 0 Å². The van der Waals surface area contributed by atoms with E-state index in [-0.39, 0.29) is 24.2 Å². The first-order chi connectivity index (χ1) is 11.7. The molecule has 1 amide bonds. The van der Waals surface area contributed by atoms with Crippen LogP contribution < -0.4 is 0 Å². The molecule has 126 valence electrons. The van der Waals surface area contributed by atoms with Crippen LogP contribution in [0.25, 0.3) is 11.3 Å². The fraction of sp³-hybridized carbons (Fsp3) is 0.368. The molecule has 2 aromatic rings. The van der Waals surface area contributed by atoms with Gasteiger partial charge >= 0.3 is 0 Å². The molecule has 4 nitrogen and oxygen atoms in total. The third kappa shape index (κ3) is 3.79. The van der Waals surface area contributed by atoms with Gasteiger partial charge in [0, 0.05) is 37.4 Å². The van der Waals surface area contributed by atoms with Crippen LogP contribution in [-0.4, -0.2) is 42.6 Å². The van der Waals surface area contributed by atoms with E-state index in [1.54, 1.807) is 6.07 Å². The summed E-state index contributed by atoms with van der Waals surface area (Å²) in [6.45, 7) is 1.54. The number of amides is 1. The number of rotatable bonds is 4. The van der Waals surface area contributed by atoms with E-state index in [1.807, 2.05) is 29.2 Å². The van der Waals surface area contributed by atoms with E-state index in [2.05, 4.69) is 0 Å². The molecule has 1 aromatic heterocycles. The summed E-state index contributed by atoms with van der Waals surface area (Å²) < 4.78 is 18.4. The summed E-state index contributed by atoms with van der Waals surface area (Å²) >= 11 is 0. The highest BCUT2D eigenvalue weighted by Crippen LogP contribution is 2.28. The lowest BCUT2D eigenvalue weighted by Gasteiger charge is -2.32. The van der Waals surface area contributed by atoms with Gasteiger partial charge in [0.05, 0.1) is 5.69 Å². The molecular formula is C19H21FN2O2. The Kier molecular flexibility index (Phi) is 5.20. The molecule has 5 heteroatoms. The van der Waals surface area contributed by atoms with Crippen LogP contribution in [0.15, 0.2) is 42.5 Å². The van der Waals surface area contributed by atoms with E-state index < -0.39 is 0 Å². The van der Waals surface area contributed by atoms with Crippen molar-refractivity contribution in [3.05, 3.63) is 54.0 Å². The van der Waals surface area contributed by atoms with Crippen molar-refractivity contribution >= 4 is 5.91 Å². The van der Waals surface area contributed by atoms with Crippen molar-refractivity contribution in [2.24, 2.45) is 0 Å². The first kappa shape index (κ1) is 16.6. The molecule has 1 fully saturated rings. The van der Waals surface area contributed by atoms with Gasteiger partial charge in [-0.1, -0.05) is 18.2 Å². The number of benzene rings is 1. The minimum absolute atomic E-state index is 0.0171. The number of hydrogen-bond acceptors (Lipinski definition) is 3. The molecule has 2 heterocycles.